The largest absolute Gasteiger partial charge is 0.494 e. The zero-order valence-electron chi connectivity index (χ0n) is 15.3. The van der Waals surface area contributed by atoms with E-state index in [0.717, 1.165) is 11.3 Å². The van der Waals surface area contributed by atoms with E-state index in [9.17, 15) is 9.59 Å². The smallest absolute Gasteiger partial charge is 0.338 e. The van der Waals surface area contributed by atoms with Gasteiger partial charge in [0.05, 0.1) is 36.3 Å². The molecule has 0 bridgehead atoms. The lowest BCUT2D eigenvalue weighted by Crippen LogP contribution is -2.40. The lowest BCUT2D eigenvalue weighted by atomic mass is 9.94. The van der Waals surface area contributed by atoms with Gasteiger partial charge in [0.2, 0.25) is 5.91 Å². The number of ether oxygens (including phenoxy) is 2. The molecule has 2 aliphatic heterocycles. The van der Waals surface area contributed by atoms with Crippen LogP contribution in [0.3, 0.4) is 0 Å². The van der Waals surface area contributed by atoms with E-state index in [-0.39, 0.29) is 11.2 Å². The number of aliphatic imine (C=N–C) groups is 1. The number of amides is 1. The highest BCUT2D eigenvalue weighted by Gasteiger charge is 2.47. The number of amidine groups is 1. The standard InChI is InChI=1S/C19H22N2O4S/c1-5-14-17(22)21-16(12-7-9-13(10-8-12)25-6-2)15(18(23)24-4)11(3)20-19(21)26-14/h7-10,14,16H,5-6H2,1-4H3/t14-,16+/m0/s1. The first-order valence-corrected chi connectivity index (χ1v) is 9.50. The topological polar surface area (TPSA) is 68.2 Å². The van der Waals surface area contributed by atoms with Gasteiger partial charge in [-0.05, 0) is 38.0 Å². The summed E-state index contributed by atoms with van der Waals surface area (Å²) in [6.45, 7) is 6.25. The third-order valence-corrected chi connectivity index (χ3v) is 5.75. The molecule has 3 rings (SSSR count). The Hall–Kier alpha value is -2.28. The number of hydrogen-bond acceptors (Lipinski definition) is 6. The van der Waals surface area contributed by atoms with Gasteiger partial charge >= 0.3 is 5.97 Å². The molecule has 0 N–H and O–H groups in total. The van der Waals surface area contributed by atoms with Crippen molar-refractivity contribution in [2.45, 2.75) is 38.5 Å². The van der Waals surface area contributed by atoms with Crippen LogP contribution in [0.25, 0.3) is 0 Å². The van der Waals surface area contributed by atoms with Crippen molar-refractivity contribution in [1.29, 1.82) is 0 Å². The fourth-order valence-electron chi connectivity index (χ4n) is 3.19. The first-order chi connectivity index (χ1) is 12.5. The summed E-state index contributed by atoms with van der Waals surface area (Å²) in [5.74, 6) is 0.251. The van der Waals surface area contributed by atoms with Crippen LogP contribution in [0, 0.1) is 0 Å². The molecular formula is C19H22N2O4S. The lowest BCUT2D eigenvalue weighted by Gasteiger charge is -2.32. The Bertz CT molecular complexity index is 785. The monoisotopic (exact) mass is 374 g/mol. The second-order valence-electron chi connectivity index (χ2n) is 6.01. The molecule has 1 fully saturated rings. The minimum Gasteiger partial charge on any atom is -0.494 e. The van der Waals surface area contributed by atoms with Gasteiger partial charge in [-0.15, -0.1) is 0 Å². The summed E-state index contributed by atoms with van der Waals surface area (Å²) in [5.41, 5.74) is 1.80. The van der Waals surface area contributed by atoms with Crippen LogP contribution in [0.1, 0.15) is 38.8 Å². The highest BCUT2D eigenvalue weighted by molar-refractivity contribution is 8.15. The summed E-state index contributed by atoms with van der Waals surface area (Å²) in [6.07, 6.45) is 0.710. The first kappa shape index (κ1) is 18.5. The van der Waals surface area contributed by atoms with Crippen molar-refractivity contribution >= 4 is 28.8 Å². The molecule has 138 valence electrons. The van der Waals surface area contributed by atoms with Crippen molar-refractivity contribution < 1.29 is 19.1 Å². The van der Waals surface area contributed by atoms with E-state index in [1.54, 1.807) is 11.8 Å². The summed E-state index contributed by atoms with van der Waals surface area (Å²) in [5, 5.41) is 0.467. The molecule has 0 aromatic heterocycles. The Kier molecular flexibility index (Phi) is 5.36. The highest BCUT2D eigenvalue weighted by Crippen LogP contribution is 2.44. The van der Waals surface area contributed by atoms with E-state index < -0.39 is 12.0 Å². The Morgan fingerprint density at radius 1 is 1.27 bits per heavy atom. The molecule has 0 radical (unpaired) electrons. The number of fused-ring (bicyclic) bond motifs is 1. The normalized spacial score (nSPS) is 22.2. The van der Waals surface area contributed by atoms with Gasteiger partial charge in [-0.25, -0.2) is 9.79 Å². The van der Waals surface area contributed by atoms with Gasteiger partial charge in [0.25, 0.3) is 0 Å². The molecule has 2 aliphatic rings. The number of benzene rings is 1. The number of rotatable bonds is 5. The van der Waals surface area contributed by atoms with Gasteiger partial charge in [-0.1, -0.05) is 30.8 Å². The zero-order valence-corrected chi connectivity index (χ0v) is 16.1. The van der Waals surface area contributed by atoms with Crippen LogP contribution in [0.2, 0.25) is 0 Å². The molecule has 0 aliphatic carbocycles. The summed E-state index contributed by atoms with van der Waals surface area (Å²) in [7, 11) is 1.34. The number of carbonyl (C=O) groups excluding carboxylic acids is 2. The lowest BCUT2D eigenvalue weighted by molar-refractivity contribution is -0.137. The van der Waals surface area contributed by atoms with Gasteiger partial charge in [0.15, 0.2) is 5.17 Å². The van der Waals surface area contributed by atoms with Gasteiger partial charge in [0.1, 0.15) is 5.75 Å². The minimum absolute atomic E-state index is 0.0240. The number of methoxy groups -OCH3 is 1. The Morgan fingerprint density at radius 2 is 1.96 bits per heavy atom. The fraction of sp³-hybridized carbons (Fsp3) is 0.421. The van der Waals surface area contributed by atoms with Crippen LogP contribution in [-0.2, 0) is 14.3 Å². The molecule has 2 atom stereocenters. The Labute approximate surface area is 157 Å². The predicted molar refractivity (Wildman–Crippen MR) is 101 cm³/mol. The number of allylic oxidation sites excluding steroid dienone is 1. The molecule has 0 spiro atoms. The van der Waals surface area contributed by atoms with E-state index in [4.69, 9.17) is 9.47 Å². The molecule has 1 aromatic carbocycles. The molecule has 1 amide bonds. The first-order valence-electron chi connectivity index (χ1n) is 8.62. The maximum atomic E-state index is 12.9. The second-order valence-corrected chi connectivity index (χ2v) is 7.18. The summed E-state index contributed by atoms with van der Waals surface area (Å²) in [6, 6.07) is 6.92. The third-order valence-electron chi connectivity index (χ3n) is 4.43. The molecule has 6 nitrogen and oxygen atoms in total. The van der Waals surface area contributed by atoms with E-state index in [1.807, 2.05) is 38.1 Å². The van der Waals surface area contributed by atoms with Gasteiger partial charge < -0.3 is 9.47 Å². The van der Waals surface area contributed by atoms with E-state index >= 15 is 0 Å². The second kappa shape index (κ2) is 7.53. The average molecular weight is 374 g/mol. The van der Waals surface area contributed by atoms with Gasteiger partial charge in [0, 0.05) is 0 Å². The van der Waals surface area contributed by atoms with Crippen molar-refractivity contribution in [3.8, 4) is 5.75 Å². The van der Waals surface area contributed by atoms with Crippen LogP contribution < -0.4 is 4.74 Å². The highest BCUT2D eigenvalue weighted by atomic mass is 32.2. The molecule has 7 heteroatoms. The van der Waals surface area contributed by atoms with E-state index in [1.165, 1.54) is 18.9 Å². The molecule has 0 saturated carbocycles. The van der Waals surface area contributed by atoms with Crippen molar-refractivity contribution in [1.82, 2.24) is 4.90 Å². The molecule has 1 aromatic rings. The van der Waals surface area contributed by atoms with Crippen LogP contribution in [0.15, 0.2) is 40.5 Å². The quantitative estimate of drug-likeness (QED) is 0.740. The van der Waals surface area contributed by atoms with Gasteiger partial charge in [-0.2, -0.15) is 0 Å². The fourth-order valence-corrected chi connectivity index (χ4v) is 4.32. The number of hydrogen-bond donors (Lipinski definition) is 0. The predicted octanol–water partition coefficient (Wildman–Crippen LogP) is 3.30. The minimum atomic E-state index is -0.540. The van der Waals surface area contributed by atoms with Crippen molar-refractivity contribution in [2.75, 3.05) is 13.7 Å². The van der Waals surface area contributed by atoms with Crippen molar-refractivity contribution in [2.24, 2.45) is 4.99 Å². The van der Waals surface area contributed by atoms with Crippen LogP contribution >= 0.6 is 11.8 Å². The van der Waals surface area contributed by atoms with Crippen LogP contribution in [-0.4, -0.2) is 40.9 Å². The van der Waals surface area contributed by atoms with Gasteiger partial charge in [-0.3, -0.25) is 9.69 Å². The number of thioether (sulfide) groups is 1. The molecule has 2 heterocycles. The summed E-state index contributed by atoms with van der Waals surface area (Å²) in [4.78, 5) is 31.5. The van der Waals surface area contributed by atoms with Crippen LogP contribution in [0.4, 0.5) is 0 Å². The van der Waals surface area contributed by atoms with E-state index in [2.05, 4.69) is 4.99 Å². The number of nitrogens with zero attached hydrogens (tertiary/aromatic N) is 2. The SMILES string of the molecule is CCOc1ccc([C@@H]2C(C(=O)OC)=C(C)N=C3S[C@@H](CC)C(=O)N32)cc1. The maximum Gasteiger partial charge on any atom is 0.338 e. The molecular weight excluding hydrogens is 352 g/mol. The van der Waals surface area contributed by atoms with Crippen molar-refractivity contribution in [3.05, 3.63) is 41.1 Å². The average Bonchev–Trinajstić information content (AvgIpc) is 2.96. The van der Waals surface area contributed by atoms with E-state index in [0.29, 0.717) is 29.5 Å². The Balaban J connectivity index is 2.08. The Morgan fingerprint density at radius 3 is 2.54 bits per heavy atom. The zero-order chi connectivity index (χ0) is 18.8. The van der Waals surface area contributed by atoms with Crippen LogP contribution in [0.5, 0.6) is 5.75 Å². The molecule has 26 heavy (non-hydrogen) atoms. The summed E-state index contributed by atoms with van der Waals surface area (Å²) >= 11 is 1.45. The number of carbonyl (C=O) groups is 2. The summed E-state index contributed by atoms with van der Waals surface area (Å²) < 4.78 is 10.5. The molecule has 1 saturated heterocycles. The number of esters is 1. The molecule has 0 unspecified atom stereocenters. The third kappa shape index (κ3) is 3.11. The maximum absolute atomic E-state index is 12.9. The van der Waals surface area contributed by atoms with Crippen molar-refractivity contribution in [3.63, 3.8) is 0 Å².